The summed E-state index contributed by atoms with van der Waals surface area (Å²) in [5.74, 6) is 0.388. The fourth-order valence-electron chi connectivity index (χ4n) is 4.27. The summed E-state index contributed by atoms with van der Waals surface area (Å²) in [6, 6.07) is 18.5. The molecule has 5 rings (SSSR count). The second-order valence-electron chi connectivity index (χ2n) is 8.35. The lowest BCUT2D eigenvalue weighted by Crippen LogP contribution is -2.46. The van der Waals surface area contributed by atoms with E-state index in [0.29, 0.717) is 17.7 Å². The van der Waals surface area contributed by atoms with Crippen LogP contribution in [0.2, 0.25) is 0 Å². The quantitative estimate of drug-likeness (QED) is 0.483. The van der Waals surface area contributed by atoms with Gasteiger partial charge in [-0.2, -0.15) is 0 Å². The Bertz CT molecular complexity index is 1140. The van der Waals surface area contributed by atoms with Gasteiger partial charge < -0.3 is 15.4 Å². The molecule has 2 aromatic carbocycles. The molecule has 3 heterocycles. The number of carbonyl (C=O) groups is 2. The Balaban J connectivity index is 1.20. The Hall–Kier alpha value is -3.75. The average molecular weight is 444 g/mol. The van der Waals surface area contributed by atoms with Crippen molar-refractivity contribution in [2.45, 2.75) is 31.7 Å². The first-order valence-corrected chi connectivity index (χ1v) is 11.0. The summed E-state index contributed by atoms with van der Waals surface area (Å²) in [7, 11) is 0. The van der Waals surface area contributed by atoms with Crippen LogP contribution in [0.15, 0.2) is 73.1 Å². The number of aromatic nitrogens is 1. The molecule has 4 N–H and O–H groups in total. The second kappa shape index (κ2) is 9.01. The first-order chi connectivity index (χ1) is 16.1. The van der Waals surface area contributed by atoms with Gasteiger partial charge >= 0.3 is 0 Å². The monoisotopic (exact) mass is 443 g/mol. The summed E-state index contributed by atoms with van der Waals surface area (Å²) >= 11 is 0. The molecule has 2 aliphatic rings. The third kappa shape index (κ3) is 4.44. The molecule has 33 heavy (non-hydrogen) atoms. The fraction of sp³-hybridized carbons (Fsp3) is 0.240. The molecule has 168 valence electrons. The van der Waals surface area contributed by atoms with Crippen molar-refractivity contribution in [3.05, 3.63) is 89.7 Å². The third-order valence-electron chi connectivity index (χ3n) is 6.13. The Kier molecular flexibility index (Phi) is 5.77. The number of hydrogen-bond acceptors (Lipinski definition) is 6. The molecule has 4 atom stereocenters. The predicted octanol–water partition coefficient (Wildman–Crippen LogP) is 2.56. The molecule has 1 aromatic heterocycles. The van der Waals surface area contributed by atoms with Gasteiger partial charge in [0.05, 0.1) is 12.2 Å². The van der Waals surface area contributed by atoms with E-state index in [4.69, 9.17) is 4.74 Å². The van der Waals surface area contributed by atoms with Gasteiger partial charge in [0.1, 0.15) is 5.75 Å². The van der Waals surface area contributed by atoms with E-state index in [9.17, 15) is 9.59 Å². The van der Waals surface area contributed by atoms with E-state index in [2.05, 4.69) is 33.4 Å². The molecule has 1 saturated heterocycles. The molecule has 0 radical (unpaired) electrons. The summed E-state index contributed by atoms with van der Waals surface area (Å²) in [4.78, 5) is 29.7. The van der Waals surface area contributed by atoms with Crippen molar-refractivity contribution >= 4 is 17.5 Å². The summed E-state index contributed by atoms with van der Waals surface area (Å²) in [6.07, 6.45) is 3.20. The molecular formula is C25H25N5O3. The largest absolute Gasteiger partial charge is 0.480 e. The normalized spacial score (nSPS) is 23.4. The predicted molar refractivity (Wildman–Crippen MR) is 123 cm³/mol. The van der Waals surface area contributed by atoms with E-state index < -0.39 is 6.10 Å². The van der Waals surface area contributed by atoms with E-state index in [1.165, 1.54) is 0 Å². The number of nitrogens with one attached hydrogen (secondary N) is 4. The maximum atomic E-state index is 12.9. The van der Waals surface area contributed by atoms with Crippen LogP contribution in [0.25, 0.3) is 0 Å². The Labute approximate surface area is 191 Å². The first kappa shape index (κ1) is 21.1. The maximum absolute atomic E-state index is 12.9. The minimum absolute atomic E-state index is 0.0551. The molecule has 0 saturated carbocycles. The number of nitrogens with zero attached hydrogens (tertiary/aromatic N) is 1. The lowest BCUT2D eigenvalue weighted by Gasteiger charge is -2.20. The van der Waals surface area contributed by atoms with E-state index in [1.807, 2.05) is 36.4 Å². The van der Waals surface area contributed by atoms with E-state index in [-0.39, 0.29) is 29.9 Å². The third-order valence-corrected chi connectivity index (χ3v) is 6.13. The van der Waals surface area contributed by atoms with Gasteiger partial charge in [0.2, 0.25) is 0 Å². The molecule has 0 spiro atoms. The summed E-state index contributed by atoms with van der Waals surface area (Å²) in [6.45, 7) is 2.07. The van der Waals surface area contributed by atoms with Crippen LogP contribution in [0.1, 0.15) is 34.5 Å². The van der Waals surface area contributed by atoms with Gasteiger partial charge in [0, 0.05) is 36.0 Å². The zero-order valence-electron chi connectivity index (χ0n) is 18.1. The van der Waals surface area contributed by atoms with Gasteiger partial charge in [0.15, 0.2) is 6.10 Å². The zero-order chi connectivity index (χ0) is 22.8. The van der Waals surface area contributed by atoms with Crippen LogP contribution in [-0.2, 0) is 11.2 Å². The highest BCUT2D eigenvalue weighted by atomic mass is 16.5. The fourth-order valence-corrected chi connectivity index (χ4v) is 4.27. The van der Waals surface area contributed by atoms with Gasteiger partial charge in [-0.1, -0.05) is 31.2 Å². The smallest absolute Gasteiger partial charge is 0.265 e. The van der Waals surface area contributed by atoms with Gasteiger partial charge in [0.25, 0.3) is 11.8 Å². The minimum atomic E-state index is -0.584. The number of hydrazine groups is 1. The van der Waals surface area contributed by atoms with Crippen LogP contribution in [0, 0.1) is 5.92 Å². The molecule has 8 heteroatoms. The minimum Gasteiger partial charge on any atom is -0.480 e. The summed E-state index contributed by atoms with van der Waals surface area (Å²) in [5, 5.41) is 5.89. The van der Waals surface area contributed by atoms with Crippen molar-refractivity contribution in [1.29, 1.82) is 0 Å². The van der Waals surface area contributed by atoms with Gasteiger partial charge in [-0.15, -0.1) is 0 Å². The standard InChI is InChI=1S/C25H25N5O3/c1-15-22(16-9-11-26-12-10-16)29-30-23(15)28-24(31)18-6-4-7-19(13-18)27-25(32)21-14-17-5-2-3-8-20(17)33-21/h2-13,15,21-23,29-30H,14H2,1H3,(H,27,32)(H,28,31). The number of hydrogen-bond donors (Lipinski definition) is 4. The second-order valence-corrected chi connectivity index (χ2v) is 8.35. The van der Waals surface area contributed by atoms with Crippen molar-refractivity contribution in [2.24, 2.45) is 5.92 Å². The molecule has 1 fully saturated rings. The molecule has 3 aromatic rings. The lowest BCUT2D eigenvalue weighted by atomic mass is 9.95. The number of carbonyl (C=O) groups excluding carboxylic acids is 2. The Morgan fingerprint density at radius 1 is 1.03 bits per heavy atom. The first-order valence-electron chi connectivity index (χ1n) is 11.0. The lowest BCUT2D eigenvalue weighted by molar-refractivity contribution is -0.122. The Morgan fingerprint density at radius 2 is 1.85 bits per heavy atom. The number of amides is 2. The number of fused-ring (bicyclic) bond motifs is 1. The van der Waals surface area contributed by atoms with Crippen LogP contribution < -0.4 is 26.2 Å². The number of para-hydroxylation sites is 1. The van der Waals surface area contributed by atoms with E-state index >= 15 is 0 Å². The number of rotatable bonds is 5. The van der Waals surface area contributed by atoms with E-state index in [0.717, 1.165) is 16.9 Å². The van der Waals surface area contributed by atoms with Gasteiger partial charge in [-0.05, 0) is 47.5 Å². The van der Waals surface area contributed by atoms with Crippen molar-refractivity contribution in [1.82, 2.24) is 21.2 Å². The van der Waals surface area contributed by atoms with Crippen molar-refractivity contribution in [2.75, 3.05) is 5.32 Å². The zero-order valence-corrected chi connectivity index (χ0v) is 18.1. The highest BCUT2D eigenvalue weighted by Gasteiger charge is 2.34. The molecule has 2 aliphatic heterocycles. The SMILES string of the molecule is CC1C(NC(=O)c2cccc(NC(=O)C3Cc4ccccc4O3)c2)NNC1c1ccncc1. The summed E-state index contributed by atoms with van der Waals surface area (Å²) in [5.41, 5.74) is 9.53. The average Bonchev–Trinajstić information content (AvgIpc) is 3.44. The van der Waals surface area contributed by atoms with Crippen molar-refractivity contribution < 1.29 is 14.3 Å². The number of pyridine rings is 1. The van der Waals surface area contributed by atoms with Crippen molar-refractivity contribution in [3.63, 3.8) is 0 Å². The molecule has 2 amide bonds. The van der Waals surface area contributed by atoms with Crippen LogP contribution in [0.4, 0.5) is 5.69 Å². The van der Waals surface area contributed by atoms with Gasteiger partial charge in [-0.3, -0.25) is 14.6 Å². The highest BCUT2D eigenvalue weighted by Crippen LogP contribution is 2.29. The molecule has 4 unspecified atom stereocenters. The van der Waals surface area contributed by atoms with Crippen LogP contribution in [0.5, 0.6) is 5.75 Å². The molecule has 0 aliphatic carbocycles. The number of benzene rings is 2. The molecular weight excluding hydrogens is 418 g/mol. The molecule has 8 nitrogen and oxygen atoms in total. The van der Waals surface area contributed by atoms with Crippen LogP contribution in [0.3, 0.4) is 0 Å². The van der Waals surface area contributed by atoms with Crippen LogP contribution in [-0.4, -0.2) is 29.1 Å². The molecule has 0 bridgehead atoms. The summed E-state index contributed by atoms with van der Waals surface area (Å²) < 4.78 is 5.76. The highest BCUT2D eigenvalue weighted by molar-refractivity contribution is 5.98. The topological polar surface area (TPSA) is 104 Å². The maximum Gasteiger partial charge on any atom is 0.265 e. The Morgan fingerprint density at radius 3 is 2.67 bits per heavy atom. The van der Waals surface area contributed by atoms with Gasteiger partial charge in [-0.25, -0.2) is 10.9 Å². The number of anilines is 1. The number of ether oxygens (including phenoxy) is 1. The van der Waals surface area contributed by atoms with Crippen molar-refractivity contribution in [3.8, 4) is 5.75 Å². The van der Waals surface area contributed by atoms with Crippen LogP contribution >= 0.6 is 0 Å². The van der Waals surface area contributed by atoms with E-state index in [1.54, 1.807) is 36.7 Å².